The van der Waals surface area contributed by atoms with Crippen LogP contribution in [0.3, 0.4) is 0 Å². The number of pyridine rings is 1. The van der Waals surface area contributed by atoms with Crippen molar-refractivity contribution in [3.8, 4) is 0 Å². The van der Waals surface area contributed by atoms with Gasteiger partial charge in [-0.3, -0.25) is 14.6 Å². The molecule has 5 nitrogen and oxygen atoms in total. The number of amides is 2. The monoisotopic (exact) mass is 363 g/mol. The topological polar surface area (TPSA) is 62.3 Å². The third kappa shape index (κ3) is 3.84. The van der Waals surface area contributed by atoms with E-state index in [0.29, 0.717) is 18.5 Å². The van der Waals surface area contributed by atoms with Gasteiger partial charge in [-0.2, -0.15) is 13.2 Å². The van der Waals surface area contributed by atoms with Gasteiger partial charge in [-0.25, -0.2) is 0 Å². The van der Waals surface area contributed by atoms with Crippen LogP contribution in [-0.4, -0.2) is 23.3 Å². The van der Waals surface area contributed by atoms with Crippen molar-refractivity contribution in [3.05, 3.63) is 59.4 Å². The fourth-order valence-electron chi connectivity index (χ4n) is 2.82. The number of carbonyl (C=O) groups is 2. The Morgan fingerprint density at radius 2 is 1.92 bits per heavy atom. The van der Waals surface area contributed by atoms with Gasteiger partial charge < -0.3 is 10.2 Å². The molecule has 0 unspecified atom stereocenters. The minimum absolute atomic E-state index is 0.0687. The van der Waals surface area contributed by atoms with Crippen LogP contribution in [0.5, 0.6) is 0 Å². The number of hydrogen-bond donors (Lipinski definition) is 1. The maximum Gasteiger partial charge on any atom is 0.417 e. The molecule has 0 spiro atoms. The van der Waals surface area contributed by atoms with Crippen LogP contribution in [0, 0.1) is 0 Å². The Labute approximate surface area is 147 Å². The Morgan fingerprint density at radius 3 is 2.54 bits per heavy atom. The number of rotatable bonds is 4. The summed E-state index contributed by atoms with van der Waals surface area (Å²) in [5, 5.41) is 2.47. The van der Waals surface area contributed by atoms with Crippen LogP contribution in [0.25, 0.3) is 0 Å². The zero-order chi connectivity index (χ0) is 18.7. The van der Waals surface area contributed by atoms with Crippen molar-refractivity contribution in [3.63, 3.8) is 0 Å². The zero-order valence-corrected chi connectivity index (χ0v) is 13.7. The average molecular weight is 363 g/mol. The minimum Gasteiger partial charge on any atom is -0.348 e. The van der Waals surface area contributed by atoms with Gasteiger partial charge in [0.2, 0.25) is 5.91 Å². The third-order valence-electron chi connectivity index (χ3n) is 4.15. The van der Waals surface area contributed by atoms with Gasteiger partial charge in [0.15, 0.2) is 0 Å². The lowest BCUT2D eigenvalue weighted by Crippen LogP contribution is -2.26. The van der Waals surface area contributed by atoms with Crippen molar-refractivity contribution in [2.24, 2.45) is 0 Å². The lowest BCUT2D eigenvalue weighted by atomic mass is 10.1. The SMILES string of the molecule is O=C(NCc1ccc(N2CCCC2=O)cc1)c1cnccc1C(F)(F)F. The van der Waals surface area contributed by atoms with E-state index >= 15 is 0 Å². The van der Waals surface area contributed by atoms with Crippen LogP contribution >= 0.6 is 0 Å². The number of anilines is 1. The van der Waals surface area contributed by atoms with E-state index in [1.807, 2.05) is 0 Å². The summed E-state index contributed by atoms with van der Waals surface area (Å²) in [4.78, 5) is 29.1. The molecule has 2 heterocycles. The number of hydrogen-bond acceptors (Lipinski definition) is 3. The second-order valence-corrected chi connectivity index (χ2v) is 5.92. The maximum atomic E-state index is 13.0. The van der Waals surface area contributed by atoms with Crippen LogP contribution in [0.15, 0.2) is 42.7 Å². The van der Waals surface area contributed by atoms with Gasteiger partial charge in [0.25, 0.3) is 5.91 Å². The van der Waals surface area contributed by atoms with Crippen LogP contribution in [0.4, 0.5) is 18.9 Å². The summed E-state index contributed by atoms with van der Waals surface area (Å²) in [5.74, 6) is -0.772. The lowest BCUT2D eigenvalue weighted by Gasteiger charge is -2.16. The Balaban J connectivity index is 1.66. The summed E-state index contributed by atoms with van der Waals surface area (Å²) < 4.78 is 38.9. The fraction of sp³-hybridized carbons (Fsp3) is 0.278. The summed E-state index contributed by atoms with van der Waals surface area (Å²) >= 11 is 0. The number of alkyl halides is 3. The highest BCUT2D eigenvalue weighted by Crippen LogP contribution is 2.31. The van der Waals surface area contributed by atoms with Crippen LogP contribution in [-0.2, 0) is 17.5 Å². The Morgan fingerprint density at radius 1 is 1.19 bits per heavy atom. The van der Waals surface area contributed by atoms with E-state index in [9.17, 15) is 22.8 Å². The number of nitrogens with one attached hydrogen (secondary N) is 1. The first-order chi connectivity index (χ1) is 12.4. The van der Waals surface area contributed by atoms with E-state index in [2.05, 4.69) is 10.3 Å². The summed E-state index contributed by atoms with van der Waals surface area (Å²) in [7, 11) is 0. The van der Waals surface area contributed by atoms with Gasteiger partial charge in [-0.1, -0.05) is 12.1 Å². The number of carbonyl (C=O) groups excluding carboxylic acids is 2. The number of nitrogens with zero attached hydrogens (tertiary/aromatic N) is 2. The molecule has 0 bridgehead atoms. The highest BCUT2D eigenvalue weighted by Gasteiger charge is 2.35. The summed E-state index contributed by atoms with van der Waals surface area (Å²) in [6.45, 7) is 0.745. The molecule has 2 aromatic rings. The van der Waals surface area contributed by atoms with E-state index in [4.69, 9.17) is 0 Å². The second-order valence-electron chi connectivity index (χ2n) is 5.92. The zero-order valence-electron chi connectivity index (χ0n) is 13.7. The summed E-state index contributed by atoms with van der Waals surface area (Å²) in [5.41, 5.74) is -0.0486. The highest BCUT2D eigenvalue weighted by molar-refractivity contribution is 5.96. The Bertz CT molecular complexity index is 819. The summed E-state index contributed by atoms with van der Waals surface area (Å²) in [6.07, 6.45) is -1.37. The Kier molecular flexibility index (Phi) is 4.92. The van der Waals surface area contributed by atoms with E-state index in [1.165, 1.54) is 0 Å². The first-order valence-corrected chi connectivity index (χ1v) is 8.05. The van der Waals surface area contributed by atoms with E-state index in [-0.39, 0.29) is 12.5 Å². The second kappa shape index (κ2) is 7.15. The molecule has 3 rings (SSSR count). The van der Waals surface area contributed by atoms with Gasteiger partial charge in [0.1, 0.15) is 0 Å². The molecule has 26 heavy (non-hydrogen) atoms. The normalized spacial score (nSPS) is 14.6. The smallest absolute Gasteiger partial charge is 0.348 e. The van der Waals surface area contributed by atoms with Gasteiger partial charge in [-0.15, -0.1) is 0 Å². The van der Waals surface area contributed by atoms with Crippen LogP contribution in [0.1, 0.15) is 34.3 Å². The molecular weight excluding hydrogens is 347 g/mol. The largest absolute Gasteiger partial charge is 0.417 e. The average Bonchev–Trinajstić information content (AvgIpc) is 3.05. The molecule has 8 heteroatoms. The molecule has 2 amide bonds. The van der Waals surface area contributed by atoms with Crippen molar-refractivity contribution >= 4 is 17.5 Å². The molecular formula is C18H16F3N3O2. The molecule has 1 aliphatic heterocycles. The van der Waals surface area contributed by atoms with E-state index in [0.717, 1.165) is 30.6 Å². The van der Waals surface area contributed by atoms with Gasteiger partial charge >= 0.3 is 6.18 Å². The molecule has 1 aromatic carbocycles. The predicted octanol–water partition coefficient (Wildman–Crippen LogP) is 3.16. The molecule has 1 N–H and O–H groups in total. The van der Waals surface area contributed by atoms with Crippen molar-refractivity contribution in [2.75, 3.05) is 11.4 Å². The van der Waals surface area contributed by atoms with Crippen molar-refractivity contribution in [2.45, 2.75) is 25.6 Å². The molecule has 1 aliphatic rings. The van der Waals surface area contributed by atoms with Gasteiger partial charge in [0, 0.05) is 37.6 Å². The molecule has 1 fully saturated rings. The summed E-state index contributed by atoms with van der Waals surface area (Å²) in [6, 6.07) is 7.76. The van der Waals surface area contributed by atoms with E-state index in [1.54, 1.807) is 29.2 Å². The minimum atomic E-state index is -4.63. The van der Waals surface area contributed by atoms with Gasteiger partial charge in [-0.05, 0) is 30.2 Å². The molecule has 0 atom stereocenters. The highest BCUT2D eigenvalue weighted by atomic mass is 19.4. The van der Waals surface area contributed by atoms with Crippen molar-refractivity contribution in [1.29, 1.82) is 0 Å². The molecule has 0 aliphatic carbocycles. The molecule has 136 valence electrons. The molecule has 0 saturated carbocycles. The fourth-order valence-corrected chi connectivity index (χ4v) is 2.82. The maximum absolute atomic E-state index is 13.0. The molecule has 1 aromatic heterocycles. The number of halogens is 3. The van der Waals surface area contributed by atoms with Crippen LogP contribution in [0.2, 0.25) is 0 Å². The predicted molar refractivity (Wildman–Crippen MR) is 88.4 cm³/mol. The third-order valence-corrected chi connectivity index (χ3v) is 4.15. The standard InChI is InChI=1S/C18H16F3N3O2/c19-18(20,21)15-7-8-22-11-14(15)17(26)23-10-12-3-5-13(6-4-12)24-9-1-2-16(24)25/h3-8,11H,1-2,9-10H2,(H,23,26). The Hall–Kier alpha value is -2.90. The first-order valence-electron chi connectivity index (χ1n) is 8.05. The van der Waals surface area contributed by atoms with Crippen molar-refractivity contribution < 1.29 is 22.8 Å². The van der Waals surface area contributed by atoms with Gasteiger partial charge in [0.05, 0.1) is 11.1 Å². The first kappa shape index (κ1) is 17.9. The van der Waals surface area contributed by atoms with E-state index < -0.39 is 23.2 Å². The van der Waals surface area contributed by atoms with Crippen molar-refractivity contribution in [1.82, 2.24) is 10.3 Å². The molecule has 1 saturated heterocycles. The van der Waals surface area contributed by atoms with Crippen LogP contribution < -0.4 is 10.2 Å². The quantitative estimate of drug-likeness (QED) is 0.908. The molecule has 0 radical (unpaired) electrons. The number of aromatic nitrogens is 1. The lowest BCUT2D eigenvalue weighted by molar-refractivity contribution is -0.138. The number of benzene rings is 1.